The predicted molar refractivity (Wildman–Crippen MR) is 75.4 cm³/mol. The van der Waals surface area contributed by atoms with Crippen LogP contribution < -0.4 is 10.1 Å². The highest BCUT2D eigenvalue weighted by atomic mass is 16.5. The van der Waals surface area contributed by atoms with Crippen LogP contribution in [0.2, 0.25) is 0 Å². The summed E-state index contributed by atoms with van der Waals surface area (Å²) in [7, 11) is 3.06. The van der Waals surface area contributed by atoms with Gasteiger partial charge >= 0.3 is 5.97 Å². The molecule has 0 fully saturated rings. The van der Waals surface area contributed by atoms with E-state index < -0.39 is 5.54 Å². The number of aryl methyl sites for hydroxylation is 2. The third-order valence-electron chi connectivity index (χ3n) is 3.27. The average molecular weight is 265 g/mol. The number of esters is 1. The summed E-state index contributed by atoms with van der Waals surface area (Å²) in [4.78, 5) is 11.6. The minimum Gasteiger partial charge on any atom is -0.496 e. The van der Waals surface area contributed by atoms with Gasteiger partial charge in [-0.1, -0.05) is 6.07 Å². The molecule has 0 aromatic heterocycles. The first-order valence-electron chi connectivity index (χ1n) is 6.29. The van der Waals surface area contributed by atoms with Crippen molar-refractivity contribution in [2.75, 3.05) is 14.2 Å². The lowest BCUT2D eigenvalue weighted by molar-refractivity contribution is -0.147. The van der Waals surface area contributed by atoms with Crippen molar-refractivity contribution in [2.24, 2.45) is 0 Å². The largest absolute Gasteiger partial charge is 0.496 e. The number of hydrogen-bond donors (Lipinski definition) is 1. The fourth-order valence-corrected chi connectivity index (χ4v) is 1.90. The molecular weight excluding hydrogens is 242 g/mol. The Kier molecular flexibility index (Phi) is 4.95. The molecule has 0 heterocycles. The minimum absolute atomic E-state index is 0.268. The zero-order chi connectivity index (χ0) is 14.6. The van der Waals surface area contributed by atoms with Gasteiger partial charge in [0.25, 0.3) is 0 Å². The third kappa shape index (κ3) is 3.70. The number of hydrogen-bond acceptors (Lipinski definition) is 4. The fourth-order valence-electron chi connectivity index (χ4n) is 1.90. The van der Waals surface area contributed by atoms with E-state index in [1.165, 1.54) is 7.11 Å². The van der Waals surface area contributed by atoms with E-state index in [1.807, 2.05) is 33.8 Å². The lowest BCUT2D eigenvalue weighted by Crippen LogP contribution is -2.47. The molecule has 0 radical (unpaired) electrons. The van der Waals surface area contributed by atoms with E-state index in [9.17, 15) is 4.79 Å². The first-order valence-corrected chi connectivity index (χ1v) is 6.29. The molecular formula is C15H23NO3. The van der Waals surface area contributed by atoms with E-state index in [2.05, 4.69) is 11.4 Å². The molecule has 1 N–H and O–H groups in total. The van der Waals surface area contributed by atoms with Gasteiger partial charge in [0.2, 0.25) is 0 Å². The average Bonchev–Trinajstić information content (AvgIpc) is 2.38. The smallest absolute Gasteiger partial charge is 0.325 e. The van der Waals surface area contributed by atoms with Crippen LogP contribution in [-0.2, 0) is 16.1 Å². The molecule has 0 atom stereocenters. The van der Waals surface area contributed by atoms with Gasteiger partial charge in [-0.2, -0.15) is 0 Å². The van der Waals surface area contributed by atoms with Crippen LogP contribution in [0.25, 0.3) is 0 Å². The molecule has 0 amide bonds. The van der Waals surface area contributed by atoms with Gasteiger partial charge in [-0.3, -0.25) is 10.1 Å². The quantitative estimate of drug-likeness (QED) is 0.830. The molecule has 0 spiro atoms. The summed E-state index contributed by atoms with van der Waals surface area (Å²) in [6.45, 7) is 8.27. The number of nitrogens with one attached hydrogen (secondary N) is 1. The molecule has 0 aliphatic heterocycles. The first kappa shape index (κ1) is 15.5. The van der Waals surface area contributed by atoms with Gasteiger partial charge in [-0.15, -0.1) is 0 Å². The Morgan fingerprint density at radius 2 is 1.84 bits per heavy atom. The first-order chi connectivity index (χ1) is 8.81. The Bertz CT molecular complexity index is 467. The van der Waals surface area contributed by atoms with E-state index in [0.29, 0.717) is 6.54 Å². The SMILES string of the molecule is COC(=O)C(C)(C)NCc1cc(C)c(OC)cc1C. The van der Waals surface area contributed by atoms with E-state index in [-0.39, 0.29) is 5.97 Å². The molecule has 4 heteroatoms. The van der Waals surface area contributed by atoms with Crippen LogP contribution in [0, 0.1) is 13.8 Å². The standard InChI is InChI=1S/C15H23NO3/c1-10-8-13(18-5)11(2)7-12(10)9-16-15(3,4)14(17)19-6/h7-8,16H,9H2,1-6H3. The second-order valence-electron chi connectivity index (χ2n) is 5.22. The Balaban J connectivity index is 2.84. The number of rotatable bonds is 5. The normalized spacial score (nSPS) is 11.3. The maximum atomic E-state index is 11.6. The second kappa shape index (κ2) is 6.06. The number of ether oxygens (including phenoxy) is 2. The van der Waals surface area contributed by atoms with E-state index in [4.69, 9.17) is 9.47 Å². The Morgan fingerprint density at radius 1 is 1.21 bits per heavy atom. The summed E-state index contributed by atoms with van der Waals surface area (Å²) in [6.07, 6.45) is 0. The number of methoxy groups -OCH3 is 2. The van der Waals surface area contributed by atoms with Crippen LogP contribution in [0.3, 0.4) is 0 Å². The van der Waals surface area contributed by atoms with Crippen LogP contribution in [0.5, 0.6) is 5.75 Å². The highest BCUT2D eigenvalue weighted by Gasteiger charge is 2.27. The third-order valence-corrected chi connectivity index (χ3v) is 3.27. The van der Waals surface area contributed by atoms with Crippen molar-refractivity contribution in [3.05, 3.63) is 28.8 Å². The van der Waals surface area contributed by atoms with E-state index in [0.717, 1.165) is 22.4 Å². The Morgan fingerprint density at radius 3 is 2.37 bits per heavy atom. The molecule has 0 aliphatic carbocycles. The zero-order valence-electron chi connectivity index (χ0n) is 12.6. The number of benzene rings is 1. The van der Waals surface area contributed by atoms with Gasteiger partial charge in [0, 0.05) is 6.54 Å². The molecule has 1 rings (SSSR count). The second-order valence-corrected chi connectivity index (χ2v) is 5.22. The van der Waals surface area contributed by atoms with Crippen molar-refractivity contribution >= 4 is 5.97 Å². The monoisotopic (exact) mass is 265 g/mol. The molecule has 1 aromatic carbocycles. The van der Waals surface area contributed by atoms with Gasteiger partial charge in [-0.05, 0) is 50.5 Å². The fraction of sp³-hybridized carbons (Fsp3) is 0.533. The predicted octanol–water partition coefficient (Wildman–Crippen LogP) is 2.35. The molecule has 4 nitrogen and oxygen atoms in total. The van der Waals surface area contributed by atoms with Crippen LogP contribution in [0.4, 0.5) is 0 Å². The summed E-state index contributed by atoms with van der Waals surface area (Å²) in [5.41, 5.74) is 2.67. The summed E-state index contributed by atoms with van der Waals surface area (Å²) in [5.74, 6) is 0.615. The highest BCUT2D eigenvalue weighted by molar-refractivity contribution is 5.79. The van der Waals surface area contributed by atoms with E-state index >= 15 is 0 Å². The van der Waals surface area contributed by atoms with Gasteiger partial charge in [0.05, 0.1) is 14.2 Å². The molecule has 0 aliphatic rings. The molecule has 1 aromatic rings. The van der Waals surface area contributed by atoms with Gasteiger partial charge in [-0.25, -0.2) is 0 Å². The molecule has 0 bridgehead atoms. The molecule has 0 unspecified atom stereocenters. The van der Waals surface area contributed by atoms with Crippen molar-refractivity contribution in [1.82, 2.24) is 5.32 Å². The maximum Gasteiger partial charge on any atom is 0.325 e. The van der Waals surface area contributed by atoms with Gasteiger partial charge < -0.3 is 9.47 Å². The summed E-state index contributed by atoms with van der Waals surface area (Å²) in [5, 5.41) is 3.22. The summed E-state index contributed by atoms with van der Waals surface area (Å²) < 4.78 is 10.1. The molecule has 0 saturated carbocycles. The number of carbonyl (C=O) groups excluding carboxylic acids is 1. The van der Waals surface area contributed by atoms with Crippen molar-refractivity contribution in [1.29, 1.82) is 0 Å². The highest BCUT2D eigenvalue weighted by Crippen LogP contribution is 2.22. The van der Waals surface area contributed by atoms with Gasteiger partial charge in [0.1, 0.15) is 11.3 Å². The molecule has 0 saturated heterocycles. The van der Waals surface area contributed by atoms with Crippen molar-refractivity contribution in [3.8, 4) is 5.75 Å². The zero-order valence-corrected chi connectivity index (χ0v) is 12.6. The van der Waals surface area contributed by atoms with Crippen LogP contribution in [0.15, 0.2) is 12.1 Å². The Labute approximate surface area is 115 Å². The topological polar surface area (TPSA) is 47.6 Å². The lowest BCUT2D eigenvalue weighted by atomic mass is 10.0. The van der Waals surface area contributed by atoms with Crippen LogP contribution in [0.1, 0.15) is 30.5 Å². The van der Waals surface area contributed by atoms with Crippen molar-refractivity contribution in [3.63, 3.8) is 0 Å². The summed E-state index contributed by atoms with van der Waals surface area (Å²) >= 11 is 0. The van der Waals surface area contributed by atoms with Crippen molar-refractivity contribution < 1.29 is 14.3 Å². The molecule has 19 heavy (non-hydrogen) atoms. The van der Waals surface area contributed by atoms with Crippen LogP contribution >= 0.6 is 0 Å². The van der Waals surface area contributed by atoms with Crippen molar-refractivity contribution in [2.45, 2.75) is 39.8 Å². The maximum absolute atomic E-state index is 11.6. The molecule has 106 valence electrons. The van der Waals surface area contributed by atoms with Gasteiger partial charge in [0.15, 0.2) is 0 Å². The Hall–Kier alpha value is -1.55. The van der Waals surface area contributed by atoms with E-state index in [1.54, 1.807) is 7.11 Å². The minimum atomic E-state index is -0.699. The number of carbonyl (C=O) groups is 1. The lowest BCUT2D eigenvalue weighted by Gasteiger charge is -2.24. The van der Waals surface area contributed by atoms with Crippen LogP contribution in [-0.4, -0.2) is 25.7 Å². The summed E-state index contributed by atoms with van der Waals surface area (Å²) in [6, 6.07) is 4.09.